The second kappa shape index (κ2) is 12.4. The lowest BCUT2D eigenvalue weighted by Crippen LogP contribution is -2.06. The summed E-state index contributed by atoms with van der Waals surface area (Å²) in [6.07, 6.45) is 6.21. The van der Waals surface area contributed by atoms with Crippen LogP contribution in [0, 0.1) is 17.6 Å². The van der Waals surface area contributed by atoms with Gasteiger partial charge in [-0.25, -0.2) is 27.5 Å². The number of benzene rings is 2. The summed E-state index contributed by atoms with van der Waals surface area (Å²) < 4.78 is 61.5. The number of ether oxygens (including phenoxy) is 1. The van der Waals surface area contributed by atoms with E-state index >= 15 is 8.78 Å². The number of carbonyl (C=O) groups excluding carboxylic acids is 1. The Kier molecular flexibility index (Phi) is 8.38. The SMILES string of the molecule is CCOC(=O)c1csc(-n2nc(CC3CC3)c(Cc3ccc(NS(=O)O)cc3F)c2-c2ccc(F)c(-c3cnn(C)c3)c2)n1. The van der Waals surface area contributed by atoms with Crippen molar-refractivity contribution >= 4 is 34.3 Å². The van der Waals surface area contributed by atoms with Crippen molar-refractivity contribution in [3.8, 4) is 27.5 Å². The monoisotopic (exact) mass is 638 g/mol. The summed E-state index contributed by atoms with van der Waals surface area (Å²) in [5.41, 5.74) is 4.28. The van der Waals surface area contributed by atoms with E-state index in [-0.39, 0.29) is 24.4 Å². The van der Waals surface area contributed by atoms with E-state index in [2.05, 4.69) is 14.8 Å². The number of aryl methyl sites for hydroxylation is 1. The Bertz CT molecular complexity index is 1880. The van der Waals surface area contributed by atoms with E-state index in [9.17, 15) is 9.00 Å². The minimum Gasteiger partial charge on any atom is -0.461 e. The number of nitrogens with one attached hydrogen (secondary N) is 1. The molecule has 44 heavy (non-hydrogen) atoms. The van der Waals surface area contributed by atoms with Crippen LogP contribution in [-0.4, -0.2) is 45.9 Å². The summed E-state index contributed by atoms with van der Waals surface area (Å²) in [7, 11) is 1.75. The van der Waals surface area contributed by atoms with E-state index in [1.54, 1.807) is 59.3 Å². The molecule has 0 spiro atoms. The smallest absolute Gasteiger partial charge is 0.357 e. The maximum Gasteiger partial charge on any atom is 0.357 e. The highest BCUT2D eigenvalue weighted by molar-refractivity contribution is 7.80. The quantitative estimate of drug-likeness (QED) is 0.136. The Morgan fingerprint density at radius 3 is 2.68 bits per heavy atom. The number of nitrogens with zero attached hydrogens (tertiary/aromatic N) is 5. The van der Waals surface area contributed by atoms with Crippen LogP contribution in [0.15, 0.2) is 54.2 Å². The number of rotatable bonds is 11. The van der Waals surface area contributed by atoms with Gasteiger partial charge in [0.05, 0.1) is 29.9 Å². The highest BCUT2D eigenvalue weighted by atomic mass is 32.2. The molecule has 1 aliphatic carbocycles. The molecule has 10 nitrogen and oxygen atoms in total. The van der Waals surface area contributed by atoms with Crippen molar-refractivity contribution in [3.05, 3.63) is 88.3 Å². The molecule has 3 aromatic heterocycles. The molecule has 0 radical (unpaired) electrons. The number of thiazole rings is 1. The van der Waals surface area contributed by atoms with E-state index in [1.165, 1.54) is 29.5 Å². The highest BCUT2D eigenvalue weighted by Gasteiger charge is 2.29. The van der Waals surface area contributed by atoms with Crippen LogP contribution in [0.2, 0.25) is 0 Å². The summed E-state index contributed by atoms with van der Waals surface area (Å²) in [5, 5.41) is 11.2. The molecule has 2 N–H and O–H groups in total. The molecule has 1 saturated carbocycles. The molecular formula is C30H28F2N6O4S2. The number of halogens is 2. The topological polar surface area (TPSA) is 124 Å². The normalized spacial score (nSPS) is 13.7. The van der Waals surface area contributed by atoms with Gasteiger partial charge < -0.3 is 4.74 Å². The molecule has 0 bridgehead atoms. The Labute approximate surface area is 258 Å². The van der Waals surface area contributed by atoms with Gasteiger partial charge in [0.1, 0.15) is 11.6 Å². The Morgan fingerprint density at radius 2 is 2.00 bits per heavy atom. The molecule has 1 atom stereocenters. The molecule has 5 aromatic rings. The van der Waals surface area contributed by atoms with Gasteiger partial charge in [-0.3, -0.25) is 14.0 Å². The van der Waals surface area contributed by atoms with Gasteiger partial charge in [0.15, 0.2) is 5.69 Å². The lowest BCUT2D eigenvalue weighted by Gasteiger charge is -2.12. The zero-order valence-corrected chi connectivity index (χ0v) is 25.4. The van der Waals surface area contributed by atoms with Crippen LogP contribution in [0.5, 0.6) is 0 Å². The van der Waals surface area contributed by atoms with Crippen molar-refractivity contribution in [2.24, 2.45) is 13.0 Å². The number of carbonyl (C=O) groups is 1. The van der Waals surface area contributed by atoms with E-state index < -0.39 is 28.9 Å². The second-order valence-corrected chi connectivity index (χ2v) is 12.0. The third kappa shape index (κ3) is 6.32. The second-order valence-electron chi connectivity index (χ2n) is 10.5. The van der Waals surface area contributed by atoms with Crippen LogP contribution in [-0.2, 0) is 35.9 Å². The van der Waals surface area contributed by atoms with Crippen LogP contribution in [0.25, 0.3) is 27.5 Å². The van der Waals surface area contributed by atoms with Crippen LogP contribution in [0.3, 0.4) is 0 Å². The number of esters is 1. The minimum atomic E-state index is -2.35. The van der Waals surface area contributed by atoms with Crippen molar-refractivity contribution in [3.63, 3.8) is 0 Å². The first-order valence-corrected chi connectivity index (χ1v) is 15.9. The van der Waals surface area contributed by atoms with Gasteiger partial charge in [-0.1, -0.05) is 6.07 Å². The van der Waals surface area contributed by atoms with E-state index in [0.29, 0.717) is 45.4 Å². The average Bonchev–Trinajstić information content (AvgIpc) is 3.33. The fourth-order valence-electron chi connectivity index (χ4n) is 5.04. The van der Waals surface area contributed by atoms with Crippen molar-refractivity contribution in [2.45, 2.75) is 32.6 Å². The summed E-state index contributed by atoms with van der Waals surface area (Å²) in [6.45, 7) is 1.92. The molecule has 3 heterocycles. The number of anilines is 1. The predicted molar refractivity (Wildman–Crippen MR) is 163 cm³/mol. The fourth-order valence-corrected chi connectivity index (χ4v) is 6.11. The van der Waals surface area contributed by atoms with E-state index in [1.807, 2.05) is 0 Å². The Balaban J connectivity index is 1.53. The first-order chi connectivity index (χ1) is 21.2. The third-order valence-corrected chi connectivity index (χ3v) is 8.51. The standard InChI is InChI=1S/C30H28F2N6O4S2/c1-3-42-29(39)27-16-43-30(34-27)38-28(19-7-9-24(31)22(12-19)20-14-33-37(2)15-20)23(26(35-38)10-17-4-5-17)11-18-6-8-21(13-25(18)32)36-44(40)41/h6-9,12-17,36H,3-5,10-11H2,1-2H3,(H,40,41). The van der Waals surface area contributed by atoms with Gasteiger partial charge >= 0.3 is 5.97 Å². The molecule has 1 fully saturated rings. The van der Waals surface area contributed by atoms with Gasteiger partial charge in [-0.05, 0) is 68.0 Å². The van der Waals surface area contributed by atoms with E-state index in [4.69, 9.17) is 14.4 Å². The van der Waals surface area contributed by atoms with Crippen molar-refractivity contribution in [2.75, 3.05) is 11.3 Å². The van der Waals surface area contributed by atoms with Crippen LogP contribution in [0.4, 0.5) is 14.5 Å². The maximum absolute atomic E-state index is 15.4. The van der Waals surface area contributed by atoms with Crippen molar-refractivity contribution in [1.82, 2.24) is 24.5 Å². The van der Waals surface area contributed by atoms with Gasteiger partial charge in [-0.15, -0.1) is 11.3 Å². The van der Waals surface area contributed by atoms with Gasteiger partial charge in [-0.2, -0.15) is 10.2 Å². The molecule has 1 unspecified atom stereocenters. The third-order valence-electron chi connectivity index (χ3n) is 7.28. The summed E-state index contributed by atoms with van der Waals surface area (Å²) in [5.74, 6) is -1.11. The zero-order chi connectivity index (χ0) is 31.0. The molecule has 228 valence electrons. The molecule has 6 rings (SSSR count). The average molecular weight is 639 g/mol. The molecular weight excluding hydrogens is 610 g/mol. The van der Waals surface area contributed by atoms with Crippen molar-refractivity contribution in [1.29, 1.82) is 0 Å². The maximum atomic E-state index is 15.4. The fraction of sp³-hybridized carbons (Fsp3) is 0.267. The van der Waals surface area contributed by atoms with Crippen LogP contribution >= 0.6 is 11.3 Å². The molecule has 0 saturated heterocycles. The lowest BCUT2D eigenvalue weighted by atomic mass is 9.95. The predicted octanol–water partition coefficient (Wildman–Crippen LogP) is 5.94. The minimum absolute atomic E-state index is 0.140. The largest absolute Gasteiger partial charge is 0.461 e. The number of aromatic nitrogens is 5. The molecule has 14 heteroatoms. The van der Waals surface area contributed by atoms with Crippen LogP contribution in [0.1, 0.15) is 47.1 Å². The lowest BCUT2D eigenvalue weighted by molar-refractivity contribution is 0.0520. The van der Waals surface area contributed by atoms with Gasteiger partial charge in [0.2, 0.25) is 5.13 Å². The first-order valence-electron chi connectivity index (χ1n) is 13.9. The highest BCUT2D eigenvalue weighted by Crippen LogP contribution is 2.39. The molecule has 0 amide bonds. The van der Waals surface area contributed by atoms with Crippen molar-refractivity contribution < 1.29 is 27.1 Å². The van der Waals surface area contributed by atoms with E-state index in [0.717, 1.165) is 24.1 Å². The number of hydrogen-bond acceptors (Lipinski definition) is 7. The van der Waals surface area contributed by atoms with Crippen LogP contribution < -0.4 is 4.72 Å². The summed E-state index contributed by atoms with van der Waals surface area (Å²) in [6, 6.07) is 8.99. The Hall–Kier alpha value is -4.27. The molecule has 1 aliphatic rings. The first kappa shape index (κ1) is 29.8. The summed E-state index contributed by atoms with van der Waals surface area (Å²) in [4.78, 5) is 17.0. The molecule has 0 aliphatic heterocycles. The summed E-state index contributed by atoms with van der Waals surface area (Å²) >= 11 is -1.13. The number of hydrogen-bond donors (Lipinski definition) is 2. The zero-order valence-electron chi connectivity index (χ0n) is 23.8. The molecule has 2 aromatic carbocycles. The van der Waals surface area contributed by atoms with Gasteiger partial charge in [0, 0.05) is 47.3 Å². The van der Waals surface area contributed by atoms with Gasteiger partial charge in [0.25, 0.3) is 11.3 Å². The Morgan fingerprint density at radius 1 is 1.18 bits per heavy atom.